The molecule has 0 saturated carbocycles. The summed E-state index contributed by atoms with van der Waals surface area (Å²) in [5.41, 5.74) is 7.74. The smallest absolute Gasteiger partial charge is 0.213 e. The highest BCUT2D eigenvalue weighted by molar-refractivity contribution is 6.18. The predicted molar refractivity (Wildman–Crippen MR) is 152 cm³/mol. The van der Waals surface area contributed by atoms with Gasteiger partial charge in [0.05, 0.1) is 42.5 Å². The Kier molecular flexibility index (Phi) is 5.25. The van der Waals surface area contributed by atoms with Crippen LogP contribution < -0.4 is 14.5 Å². The van der Waals surface area contributed by atoms with Gasteiger partial charge in [-0.25, -0.2) is 4.68 Å². The summed E-state index contributed by atoms with van der Waals surface area (Å²) in [6.07, 6.45) is 0. The molecule has 4 aromatic carbocycles. The minimum absolute atomic E-state index is 0.0946. The van der Waals surface area contributed by atoms with E-state index in [0.717, 1.165) is 58.0 Å². The normalized spacial score (nSPS) is 15.5. The molecule has 2 aliphatic rings. The predicted octanol–water partition coefficient (Wildman–Crippen LogP) is 6.81. The maximum absolute atomic E-state index is 5.48. The molecule has 0 N–H and O–H groups in total. The Morgan fingerprint density at radius 3 is 2.13 bits per heavy atom. The molecular weight excluding hydrogens is 470 g/mol. The molecule has 0 radical (unpaired) electrons. The van der Waals surface area contributed by atoms with Crippen LogP contribution in [0.3, 0.4) is 0 Å². The molecule has 0 amide bonds. The molecule has 5 aromatic rings. The van der Waals surface area contributed by atoms with E-state index in [-0.39, 0.29) is 6.04 Å². The molecule has 0 saturated heterocycles. The van der Waals surface area contributed by atoms with Crippen LogP contribution in [-0.4, -0.2) is 22.8 Å². The molecule has 0 bridgehead atoms. The molecule has 0 unspecified atom stereocenters. The summed E-state index contributed by atoms with van der Waals surface area (Å²) in [6.45, 7) is 2.80. The number of methoxy groups -OCH3 is 1. The SMILES string of the molecule is COc1ccc([C@@H]2c3c(C)nn(-c4ccccc4)c3N=C3N(Cc4ccccc4)c4ccccc4N32)cc1. The topological polar surface area (TPSA) is 45.9 Å². The van der Waals surface area contributed by atoms with Gasteiger partial charge in [-0.1, -0.05) is 72.8 Å². The van der Waals surface area contributed by atoms with Crippen LogP contribution in [0.2, 0.25) is 0 Å². The number of anilines is 2. The first-order chi connectivity index (χ1) is 18.7. The molecule has 38 heavy (non-hydrogen) atoms. The average molecular weight is 498 g/mol. The Morgan fingerprint density at radius 2 is 1.42 bits per heavy atom. The zero-order chi connectivity index (χ0) is 25.6. The number of rotatable bonds is 5. The van der Waals surface area contributed by atoms with Crippen molar-refractivity contribution in [2.75, 3.05) is 16.9 Å². The van der Waals surface area contributed by atoms with E-state index in [4.69, 9.17) is 14.8 Å². The summed E-state index contributed by atoms with van der Waals surface area (Å²) in [5.74, 6) is 2.61. The van der Waals surface area contributed by atoms with Gasteiger partial charge in [-0.15, -0.1) is 0 Å². The number of para-hydroxylation sites is 3. The van der Waals surface area contributed by atoms with E-state index in [0.29, 0.717) is 0 Å². The highest BCUT2D eigenvalue weighted by Gasteiger charge is 2.44. The van der Waals surface area contributed by atoms with Gasteiger partial charge in [-0.05, 0) is 54.4 Å². The van der Waals surface area contributed by atoms with E-state index in [2.05, 4.69) is 95.6 Å². The van der Waals surface area contributed by atoms with E-state index >= 15 is 0 Å². The van der Waals surface area contributed by atoms with Crippen LogP contribution in [-0.2, 0) is 6.54 Å². The first kappa shape index (κ1) is 22.4. The first-order valence-corrected chi connectivity index (χ1v) is 12.8. The van der Waals surface area contributed by atoms with Gasteiger partial charge in [-0.3, -0.25) is 4.90 Å². The second-order valence-corrected chi connectivity index (χ2v) is 9.59. The lowest BCUT2D eigenvalue weighted by Gasteiger charge is -2.35. The van der Waals surface area contributed by atoms with Crippen molar-refractivity contribution in [1.82, 2.24) is 9.78 Å². The summed E-state index contributed by atoms with van der Waals surface area (Å²) in [5, 5.41) is 5.00. The quantitative estimate of drug-likeness (QED) is 0.268. The van der Waals surface area contributed by atoms with Crippen molar-refractivity contribution in [2.45, 2.75) is 19.5 Å². The highest BCUT2D eigenvalue weighted by Crippen LogP contribution is 2.51. The van der Waals surface area contributed by atoms with Gasteiger partial charge >= 0.3 is 0 Å². The van der Waals surface area contributed by atoms with Gasteiger partial charge in [0.15, 0.2) is 5.82 Å². The Labute approximate surface area is 222 Å². The van der Waals surface area contributed by atoms with Crippen molar-refractivity contribution in [2.24, 2.45) is 4.99 Å². The Balaban J connectivity index is 1.47. The van der Waals surface area contributed by atoms with Crippen LogP contribution in [0.15, 0.2) is 114 Å². The number of benzene rings is 4. The van der Waals surface area contributed by atoms with Gasteiger partial charge in [0.1, 0.15) is 5.75 Å². The van der Waals surface area contributed by atoms with Gasteiger partial charge < -0.3 is 9.64 Å². The third-order valence-electron chi connectivity index (χ3n) is 7.32. The van der Waals surface area contributed by atoms with Crippen molar-refractivity contribution in [3.63, 3.8) is 0 Å². The Morgan fingerprint density at radius 1 is 0.763 bits per heavy atom. The fourth-order valence-corrected chi connectivity index (χ4v) is 5.56. The molecular formula is C32H27N5O. The summed E-state index contributed by atoms with van der Waals surface area (Å²) in [7, 11) is 1.70. The lowest BCUT2D eigenvalue weighted by atomic mass is 9.95. The van der Waals surface area contributed by atoms with Crippen molar-refractivity contribution >= 4 is 23.2 Å². The number of nitrogens with zero attached hydrogens (tertiary/aromatic N) is 5. The lowest BCUT2D eigenvalue weighted by molar-refractivity contribution is 0.414. The third kappa shape index (κ3) is 3.49. The van der Waals surface area contributed by atoms with Crippen molar-refractivity contribution in [1.29, 1.82) is 0 Å². The molecule has 186 valence electrons. The van der Waals surface area contributed by atoms with Crippen molar-refractivity contribution in [3.05, 3.63) is 132 Å². The molecule has 7 rings (SSSR count). The van der Waals surface area contributed by atoms with E-state index < -0.39 is 0 Å². The van der Waals surface area contributed by atoms with Gasteiger partial charge in [0, 0.05) is 5.56 Å². The van der Waals surface area contributed by atoms with Crippen molar-refractivity contribution in [3.8, 4) is 11.4 Å². The maximum Gasteiger partial charge on any atom is 0.213 e. The average Bonchev–Trinajstić information content (AvgIpc) is 3.47. The number of guanidine groups is 1. The van der Waals surface area contributed by atoms with E-state index in [1.807, 2.05) is 35.0 Å². The summed E-state index contributed by atoms with van der Waals surface area (Å²) in [6, 6.07) is 37.6. The third-order valence-corrected chi connectivity index (χ3v) is 7.32. The first-order valence-electron chi connectivity index (χ1n) is 12.8. The number of aliphatic imine (C=N–C) groups is 1. The second kappa shape index (κ2) is 8.92. The summed E-state index contributed by atoms with van der Waals surface area (Å²) >= 11 is 0. The molecule has 0 aliphatic carbocycles. The van der Waals surface area contributed by atoms with Crippen LogP contribution in [0.5, 0.6) is 5.75 Å². The summed E-state index contributed by atoms with van der Waals surface area (Å²) in [4.78, 5) is 10.0. The van der Waals surface area contributed by atoms with E-state index in [9.17, 15) is 0 Å². The Bertz CT molecular complexity index is 1640. The fraction of sp³-hybridized carbons (Fsp3) is 0.125. The number of aryl methyl sites for hydroxylation is 1. The molecule has 6 heteroatoms. The molecule has 6 nitrogen and oxygen atoms in total. The largest absolute Gasteiger partial charge is 0.497 e. The van der Waals surface area contributed by atoms with Gasteiger partial charge in [0.25, 0.3) is 0 Å². The molecule has 2 aliphatic heterocycles. The molecule has 1 atom stereocenters. The van der Waals surface area contributed by atoms with Crippen LogP contribution in [0.25, 0.3) is 5.69 Å². The van der Waals surface area contributed by atoms with Crippen LogP contribution >= 0.6 is 0 Å². The minimum atomic E-state index is -0.0946. The standard InChI is InChI=1S/C32H27N5O/c1-22-29-30(24-17-19-26(38-2)20-18-24)36-28-16-10-9-15-27(28)35(21-23-11-5-3-6-12-23)32(36)33-31(29)37(34-22)25-13-7-4-8-14-25/h3-20,30H,21H2,1-2H3/t30-/m1/s1. The number of fused-ring (bicyclic) bond motifs is 4. The molecule has 3 heterocycles. The van der Waals surface area contributed by atoms with Crippen LogP contribution in [0.4, 0.5) is 17.2 Å². The number of ether oxygens (including phenoxy) is 1. The Hall–Kier alpha value is -4.84. The molecule has 0 spiro atoms. The number of hydrogen-bond acceptors (Lipinski definition) is 5. The number of hydrogen-bond donors (Lipinski definition) is 0. The maximum atomic E-state index is 5.48. The molecule has 0 fully saturated rings. The zero-order valence-electron chi connectivity index (χ0n) is 21.3. The van der Waals surface area contributed by atoms with E-state index in [1.54, 1.807) is 7.11 Å². The van der Waals surface area contributed by atoms with Crippen LogP contribution in [0.1, 0.15) is 28.4 Å². The van der Waals surface area contributed by atoms with Crippen molar-refractivity contribution < 1.29 is 4.74 Å². The van der Waals surface area contributed by atoms with E-state index in [1.165, 1.54) is 5.56 Å². The van der Waals surface area contributed by atoms with Gasteiger partial charge in [-0.2, -0.15) is 10.1 Å². The minimum Gasteiger partial charge on any atom is -0.497 e. The number of aromatic nitrogens is 2. The van der Waals surface area contributed by atoms with Crippen LogP contribution in [0, 0.1) is 6.92 Å². The highest BCUT2D eigenvalue weighted by atomic mass is 16.5. The monoisotopic (exact) mass is 497 g/mol. The lowest BCUT2D eigenvalue weighted by Crippen LogP contribution is -2.42. The zero-order valence-corrected chi connectivity index (χ0v) is 21.3. The van der Waals surface area contributed by atoms with Gasteiger partial charge in [0.2, 0.25) is 5.96 Å². The molecule has 1 aromatic heterocycles. The fourth-order valence-electron chi connectivity index (χ4n) is 5.56. The summed E-state index contributed by atoms with van der Waals surface area (Å²) < 4.78 is 7.46. The second-order valence-electron chi connectivity index (χ2n) is 9.59.